The molecule has 0 spiro atoms. The Balaban J connectivity index is -0.000000214. The fourth-order valence-electron chi connectivity index (χ4n) is 0.207. The molecular weight excluding hydrogens is 294 g/mol. The quantitative estimate of drug-likeness (QED) is 0.350. The second kappa shape index (κ2) is 5.82. The van der Waals surface area contributed by atoms with Crippen LogP contribution in [-0.2, 0) is 10.1 Å². The van der Waals surface area contributed by atoms with Gasteiger partial charge in [-0.25, -0.2) is 0 Å². The standard InChI is InChI=1S/C2H3F3O3S.F5P.Li.H/c3-2(4,5)1-9(6,7)8;1-6(2,3,4)5;;/h1H2,(H,6,7,8);;;. The van der Waals surface area contributed by atoms with Crippen molar-refractivity contribution in [3.05, 3.63) is 0 Å². The number of alkyl halides is 3. The van der Waals surface area contributed by atoms with Gasteiger partial charge in [-0.3, -0.25) is 4.55 Å². The van der Waals surface area contributed by atoms with E-state index in [9.17, 15) is 42.6 Å². The molecule has 0 bridgehead atoms. The van der Waals surface area contributed by atoms with Crippen LogP contribution in [0.5, 0.6) is 0 Å². The van der Waals surface area contributed by atoms with E-state index in [1.807, 2.05) is 0 Å². The summed E-state index contributed by atoms with van der Waals surface area (Å²) in [4.78, 5) is 0. The summed E-state index contributed by atoms with van der Waals surface area (Å²) in [7, 11) is -13.5. The molecule has 0 amide bonds. The van der Waals surface area contributed by atoms with Gasteiger partial charge in [0.2, 0.25) is 0 Å². The van der Waals surface area contributed by atoms with Gasteiger partial charge in [0.05, 0.1) is 0 Å². The first-order chi connectivity index (χ1) is 5.94. The number of halogens is 8. The van der Waals surface area contributed by atoms with Crippen LogP contribution in [0, 0.1) is 0 Å². The van der Waals surface area contributed by atoms with Crippen LogP contribution in [0.25, 0.3) is 0 Å². The maximum absolute atomic E-state index is 11.0. The van der Waals surface area contributed by atoms with Crippen LogP contribution in [0.2, 0.25) is 0 Å². The average Bonchev–Trinajstić information content (AvgIpc) is 1.38. The fourth-order valence-corrected chi connectivity index (χ4v) is 0.620. The molecule has 0 saturated carbocycles. The van der Waals surface area contributed by atoms with Crippen molar-refractivity contribution in [2.75, 3.05) is 5.75 Å². The molecule has 14 heteroatoms. The SMILES string of the molecule is FP(F)(F)(F)F.O=S(=O)(O)CC(F)(F)F.[LiH]. The first-order valence-corrected chi connectivity index (χ1v) is 5.87. The second-order valence-electron chi connectivity index (χ2n) is 1.98. The van der Waals surface area contributed by atoms with Crippen LogP contribution < -0.4 is 0 Å². The van der Waals surface area contributed by atoms with Gasteiger partial charge in [-0.05, 0) is 0 Å². The van der Waals surface area contributed by atoms with Gasteiger partial charge < -0.3 is 0 Å². The first kappa shape index (κ1) is 21.6. The van der Waals surface area contributed by atoms with Crippen molar-refractivity contribution in [2.45, 2.75) is 6.18 Å². The molecule has 0 unspecified atom stereocenters. The molecule has 0 aliphatic rings. The molecule has 0 rings (SSSR count). The Labute approximate surface area is 96.6 Å². The summed E-state index contributed by atoms with van der Waals surface area (Å²) < 4.78 is 109. The summed E-state index contributed by atoms with van der Waals surface area (Å²) in [6.45, 7) is 0. The normalized spacial score (nSPS) is 14.9. The number of hydrogen-bond acceptors (Lipinski definition) is 2. The molecule has 16 heavy (non-hydrogen) atoms. The van der Waals surface area contributed by atoms with Crippen molar-refractivity contribution in [1.82, 2.24) is 0 Å². The van der Waals surface area contributed by atoms with Gasteiger partial charge in [-0.2, -0.15) is 21.6 Å². The van der Waals surface area contributed by atoms with E-state index in [4.69, 9.17) is 4.55 Å². The molecule has 0 aromatic carbocycles. The van der Waals surface area contributed by atoms with Gasteiger partial charge >= 0.3 is 54.2 Å². The van der Waals surface area contributed by atoms with E-state index in [2.05, 4.69) is 0 Å². The van der Waals surface area contributed by atoms with Crippen LogP contribution in [0.4, 0.5) is 34.2 Å². The van der Waals surface area contributed by atoms with Gasteiger partial charge in [-0.15, -0.1) is 0 Å². The maximum atomic E-state index is 11.0. The zero-order valence-corrected chi connectivity index (χ0v) is 8.06. The third kappa shape index (κ3) is 63.3. The minimum atomic E-state index is -8.55. The van der Waals surface area contributed by atoms with E-state index >= 15 is 0 Å². The number of hydrogen-bond donors (Lipinski definition) is 1. The monoisotopic (exact) mass is 298 g/mol. The van der Waals surface area contributed by atoms with Crippen molar-refractivity contribution < 1.29 is 47.1 Å². The van der Waals surface area contributed by atoms with Crippen LogP contribution in [0.15, 0.2) is 0 Å². The Kier molecular flexibility index (Phi) is 7.87. The molecule has 0 heterocycles. The molecule has 0 aromatic heterocycles. The summed E-state index contributed by atoms with van der Waals surface area (Å²) >= 11 is 0. The van der Waals surface area contributed by atoms with E-state index < -0.39 is 30.2 Å². The van der Waals surface area contributed by atoms with Crippen LogP contribution in [-0.4, -0.2) is 43.8 Å². The second-order valence-corrected chi connectivity index (χ2v) is 4.71. The minimum absolute atomic E-state index is 0. The molecule has 3 nitrogen and oxygen atoms in total. The Morgan fingerprint density at radius 2 is 1.19 bits per heavy atom. The summed E-state index contributed by atoms with van der Waals surface area (Å²) in [5.41, 5.74) is 0. The zero-order chi connectivity index (χ0) is 13.2. The van der Waals surface area contributed by atoms with Crippen molar-refractivity contribution in [3.8, 4) is 0 Å². The van der Waals surface area contributed by atoms with E-state index in [-0.39, 0.29) is 18.9 Å². The molecule has 0 radical (unpaired) electrons. The molecule has 98 valence electrons. The molecule has 1 N–H and O–H groups in total. The fraction of sp³-hybridized carbons (Fsp3) is 1.00. The first-order valence-electron chi connectivity index (χ1n) is 2.57. The van der Waals surface area contributed by atoms with E-state index in [1.54, 1.807) is 0 Å². The molecule has 0 fully saturated rings. The Bertz CT molecular complexity index is 285. The van der Waals surface area contributed by atoms with Gasteiger partial charge in [0.1, 0.15) is 0 Å². The summed E-state index contributed by atoms with van der Waals surface area (Å²) in [5, 5.41) is 0. The van der Waals surface area contributed by atoms with Gasteiger partial charge in [-0.1, -0.05) is 0 Å². The van der Waals surface area contributed by atoms with Crippen LogP contribution in [0.3, 0.4) is 0 Å². The Morgan fingerprint density at radius 3 is 1.19 bits per heavy atom. The molecule has 0 aromatic rings. The van der Waals surface area contributed by atoms with Crippen molar-refractivity contribution >= 4 is 37.1 Å². The molecule has 0 aliphatic heterocycles. The third-order valence-electron chi connectivity index (χ3n) is 0.346. The van der Waals surface area contributed by atoms with Crippen molar-refractivity contribution in [1.29, 1.82) is 0 Å². The summed E-state index contributed by atoms with van der Waals surface area (Å²) in [6, 6.07) is 0. The van der Waals surface area contributed by atoms with Crippen LogP contribution >= 0.6 is 8.16 Å². The van der Waals surface area contributed by atoms with Crippen molar-refractivity contribution in [2.24, 2.45) is 0 Å². The van der Waals surface area contributed by atoms with E-state index in [0.717, 1.165) is 0 Å². The van der Waals surface area contributed by atoms with Crippen molar-refractivity contribution in [3.63, 3.8) is 0 Å². The van der Waals surface area contributed by atoms with Gasteiger partial charge in [0.15, 0.2) is 5.75 Å². The predicted octanol–water partition coefficient (Wildman–Crippen LogP) is 2.75. The Morgan fingerprint density at radius 1 is 1.00 bits per heavy atom. The summed E-state index contributed by atoms with van der Waals surface area (Å²) in [5.74, 6) is -2.18. The molecule has 0 saturated heterocycles. The van der Waals surface area contributed by atoms with E-state index in [1.165, 1.54) is 0 Å². The molecule has 0 atom stereocenters. The van der Waals surface area contributed by atoms with Crippen LogP contribution in [0.1, 0.15) is 0 Å². The molecule has 0 aliphatic carbocycles. The van der Waals surface area contributed by atoms with Gasteiger partial charge in [0.25, 0.3) is 10.1 Å². The number of rotatable bonds is 1. The average molecular weight is 298 g/mol. The predicted molar refractivity (Wildman–Crippen MR) is 42.1 cm³/mol. The van der Waals surface area contributed by atoms with E-state index in [0.29, 0.717) is 0 Å². The third-order valence-corrected chi connectivity index (χ3v) is 1.04. The molecular formula is C2H4F8LiO3PS. The summed E-state index contributed by atoms with van der Waals surface area (Å²) in [6.07, 6.45) is -4.85. The topological polar surface area (TPSA) is 54.4 Å². The Hall–Kier alpha value is 0.377. The zero-order valence-electron chi connectivity index (χ0n) is 6.35. The van der Waals surface area contributed by atoms with Gasteiger partial charge in [0, 0.05) is 0 Å².